The summed E-state index contributed by atoms with van der Waals surface area (Å²) in [5.41, 5.74) is -0.00504. The molecule has 0 saturated carbocycles. The van der Waals surface area contributed by atoms with E-state index in [1.165, 1.54) is 6.26 Å². The molecule has 0 radical (unpaired) electrons. The molecule has 1 N–H and O–H groups in total. The highest BCUT2D eigenvalue weighted by Gasteiger charge is 2.41. The Kier molecular flexibility index (Phi) is 4.45. The van der Waals surface area contributed by atoms with Gasteiger partial charge in [0.2, 0.25) is 11.8 Å². The number of carbonyl (C=O) groups is 1. The van der Waals surface area contributed by atoms with Crippen molar-refractivity contribution in [2.24, 2.45) is 5.41 Å². The first kappa shape index (κ1) is 16.7. The topological polar surface area (TPSA) is 90.4 Å². The van der Waals surface area contributed by atoms with Crippen LogP contribution in [0, 0.1) is 5.41 Å². The summed E-state index contributed by atoms with van der Waals surface area (Å²) in [5.74, 6) is 0.966. The van der Waals surface area contributed by atoms with Crippen LogP contribution >= 0.6 is 0 Å². The molecule has 3 rings (SSSR count). The van der Waals surface area contributed by atoms with Gasteiger partial charge in [0, 0.05) is 6.61 Å². The van der Waals surface area contributed by atoms with Crippen LogP contribution < -0.4 is 5.32 Å². The standard InChI is InChI=1S/C17H23N3O4/c1-10(18-14(21)12-6-5-8-22-12)15-19-20-16(24-15)11-7-9-23-13(11)17(2,3)4/h5-6,8,10-11,13H,7,9H2,1-4H3,(H,18,21)/t10-,11+,13+/m1/s1. The van der Waals surface area contributed by atoms with Crippen LogP contribution in [-0.4, -0.2) is 28.8 Å². The molecule has 1 saturated heterocycles. The van der Waals surface area contributed by atoms with E-state index < -0.39 is 6.04 Å². The lowest BCUT2D eigenvalue weighted by atomic mass is 9.81. The van der Waals surface area contributed by atoms with Crippen molar-refractivity contribution in [3.8, 4) is 0 Å². The van der Waals surface area contributed by atoms with Crippen molar-refractivity contribution in [1.82, 2.24) is 15.5 Å². The summed E-state index contributed by atoms with van der Waals surface area (Å²) in [6, 6.07) is 2.86. The van der Waals surface area contributed by atoms with Crippen LogP contribution in [0.2, 0.25) is 0 Å². The summed E-state index contributed by atoms with van der Waals surface area (Å²) in [7, 11) is 0. The van der Waals surface area contributed by atoms with Crippen molar-refractivity contribution >= 4 is 5.91 Å². The molecule has 0 unspecified atom stereocenters. The van der Waals surface area contributed by atoms with Gasteiger partial charge in [-0.3, -0.25) is 4.79 Å². The van der Waals surface area contributed by atoms with E-state index in [1.807, 2.05) is 0 Å². The lowest BCUT2D eigenvalue weighted by molar-refractivity contribution is 0.0169. The zero-order chi connectivity index (χ0) is 17.3. The van der Waals surface area contributed by atoms with Crippen LogP contribution in [0.4, 0.5) is 0 Å². The van der Waals surface area contributed by atoms with E-state index in [4.69, 9.17) is 13.6 Å². The van der Waals surface area contributed by atoms with Crippen molar-refractivity contribution < 1.29 is 18.4 Å². The van der Waals surface area contributed by atoms with Gasteiger partial charge in [-0.1, -0.05) is 20.8 Å². The second-order valence-electron chi connectivity index (χ2n) is 7.20. The van der Waals surface area contributed by atoms with Crippen molar-refractivity contribution in [3.05, 3.63) is 35.9 Å². The fourth-order valence-corrected chi connectivity index (χ4v) is 3.00. The second-order valence-corrected chi connectivity index (χ2v) is 7.20. The molecular weight excluding hydrogens is 310 g/mol. The first-order valence-electron chi connectivity index (χ1n) is 8.15. The summed E-state index contributed by atoms with van der Waals surface area (Å²) in [6.07, 6.45) is 2.35. The number of furan rings is 1. The third-order valence-electron chi connectivity index (χ3n) is 4.18. The molecule has 1 aliphatic heterocycles. The van der Waals surface area contributed by atoms with Gasteiger partial charge in [0.15, 0.2) is 5.76 Å². The lowest BCUT2D eigenvalue weighted by Crippen LogP contribution is -2.30. The van der Waals surface area contributed by atoms with Gasteiger partial charge in [-0.15, -0.1) is 10.2 Å². The number of hydrogen-bond donors (Lipinski definition) is 1. The maximum Gasteiger partial charge on any atom is 0.287 e. The zero-order valence-electron chi connectivity index (χ0n) is 14.4. The molecular formula is C17H23N3O4. The van der Waals surface area contributed by atoms with Gasteiger partial charge >= 0.3 is 0 Å². The molecule has 2 aromatic rings. The maximum absolute atomic E-state index is 12.0. The highest BCUT2D eigenvalue weighted by Crippen LogP contribution is 2.40. The molecule has 2 aromatic heterocycles. The molecule has 3 heterocycles. The zero-order valence-corrected chi connectivity index (χ0v) is 14.4. The predicted molar refractivity (Wildman–Crippen MR) is 85.4 cm³/mol. The molecule has 130 valence electrons. The fraction of sp³-hybridized carbons (Fsp3) is 0.588. The second kappa shape index (κ2) is 6.39. The number of ether oxygens (including phenoxy) is 1. The average molecular weight is 333 g/mol. The molecule has 0 aromatic carbocycles. The van der Waals surface area contributed by atoms with E-state index in [2.05, 4.69) is 36.3 Å². The summed E-state index contributed by atoms with van der Waals surface area (Å²) >= 11 is 0. The van der Waals surface area contributed by atoms with Gasteiger partial charge in [0.1, 0.15) is 6.04 Å². The molecule has 0 bridgehead atoms. The first-order valence-corrected chi connectivity index (χ1v) is 8.15. The van der Waals surface area contributed by atoms with Crippen molar-refractivity contribution in [2.75, 3.05) is 6.61 Å². The Hall–Kier alpha value is -2.15. The SMILES string of the molecule is C[C@@H](NC(=O)c1ccco1)c1nnc([C@H]2CCO[C@@H]2C(C)(C)C)o1. The third kappa shape index (κ3) is 3.36. The Morgan fingerprint density at radius 1 is 1.38 bits per heavy atom. The van der Waals surface area contributed by atoms with Gasteiger partial charge in [-0.25, -0.2) is 0 Å². The van der Waals surface area contributed by atoms with E-state index >= 15 is 0 Å². The highest BCUT2D eigenvalue weighted by molar-refractivity contribution is 5.91. The van der Waals surface area contributed by atoms with E-state index in [9.17, 15) is 4.79 Å². The largest absolute Gasteiger partial charge is 0.459 e. The number of carbonyl (C=O) groups excluding carboxylic acids is 1. The maximum atomic E-state index is 12.0. The number of hydrogen-bond acceptors (Lipinski definition) is 6. The molecule has 0 spiro atoms. The van der Waals surface area contributed by atoms with Gasteiger partial charge in [0.25, 0.3) is 5.91 Å². The Balaban J connectivity index is 1.70. The first-order chi connectivity index (χ1) is 11.4. The number of nitrogens with one attached hydrogen (secondary N) is 1. The van der Waals surface area contributed by atoms with Crippen LogP contribution in [0.25, 0.3) is 0 Å². The Bertz CT molecular complexity index is 687. The molecule has 0 aliphatic carbocycles. The fourth-order valence-electron chi connectivity index (χ4n) is 3.00. The van der Waals surface area contributed by atoms with E-state index in [-0.39, 0.29) is 29.1 Å². The smallest absolute Gasteiger partial charge is 0.287 e. The molecule has 1 amide bonds. The monoisotopic (exact) mass is 333 g/mol. The number of rotatable bonds is 4. The van der Waals surface area contributed by atoms with Crippen LogP contribution in [0.3, 0.4) is 0 Å². The van der Waals surface area contributed by atoms with Crippen molar-refractivity contribution in [2.45, 2.75) is 52.2 Å². The summed E-state index contributed by atoms with van der Waals surface area (Å²) in [6.45, 7) is 8.90. The van der Waals surface area contributed by atoms with Gasteiger partial charge in [-0.05, 0) is 30.9 Å². The van der Waals surface area contributed by atoms with E-state index in [1.54, 1.807) is 19.1 Å². The average Bonchev–Trinajstić information content (AvgIpc) is 3.25. The van der Waals surface area contributed by atoms with Crippen LogP contribution in [0.15, 0.2) is 27.2 Å². The molecule has 1 aliphatic rings. The summed E-state index contributed by atoms with van der Waals surface area (Å²) < 4.78 is 16.8. The molecule has 1 fully saturated rings. The normalized spacial score (nSPS) is 22.5. The van der Waals surface area contributed by atoms with Crippen molar-refractivity contribution in [3.63, 3.8) is 0 Å². The number of nitrogens with zero attached hydrogens (tertiary/aromatic N) is 2. The number of amides is 1. The minimum absolute atomic E-state index is 0.00504. The molecule has 24 heavy (non-hydrogen) atoms. The predicted octanol–water partition coefficient (Wildman–Crippen LogP) is 3.07. The molecule has 3 atom stereocenters. The Labute approximate surface area is 140 Å². The Morgan fingerprint density at radius 2 is 2.17 bits per heavy atom. The summed E-state index contributed by atoms with van der Waals surface area (Å²) in [5, 5.41) is 11.1. The van der Waals surface area contributed by atoms with E-state index in [0.717, 1.165) is 6.42 Å². The Morgan fingerprint density at radius 3 is 2.83 bits per heavy atom. The van der Waals surface area contributed by atoms with Gasteiger partial charge in [0.05, 0.1) is 18.3 Å². The lowest BCUT2D eigenvalue weighted by Gasteiger charge is -2.29. The highest BCUT2D eigenvalue weighted by atomic mass is 16.5. The van der Waals surface area contributed by atoms with E-state index in [0.29, 0.717) is 18.4 Å². The summed E-state index contributed by atoms with van der Waals surface area (Å²) in [4.78, 5) is 12.0. The van der Waals surface area contributed by atoms with Gasteiger partial charge < -0.3 is 18.9 Å². The molecule has 7 nitrogen and oxygen atoms in total. The minimum Gasteiger partial charge on any atom is -0.459 e. The van der Waals surface area contributed by atoms with Crippen LogP contribution in [-0.2, 0) is 4.74 Å². The van der Waals surface area contributed by atoms with Gasteiger partial charge in [-0.2, -0.15) is 0 Å². The number of aromatic nitrogens is 2. The molecule has 7 heteroatoms. The minimum atomic E-state index is -0.403. The van der Waals surface area contributed by atoms with Crippen LogP contribution in [0.1, 0.15) is 68.4 Å². The third-order valence-corrected chi connectivity index (χ3v) is 4.18. The van der Waals surface area contributed by atoms with Crippen molar-refractivity contribution in [1.29, 1.82) is 0 Å². The van der Waals surface area contributed by atoms with Crippen LogP contribution in [0.5, 0.6) is 0 Å². The quantitative estimate of drug-likeness (QED) is 0.924.